The van der Waals surface area contributed by atoms with Crippen molar-refractivity contribution in [1.82, 2.24) is 0 Å². The molecule has 1 aliphatic rings. The Morgan fingerprint density at radius 3 is 2.15 bits per heavy atom. The highest BCUT2D eigenvalue weighted by atomic mass is 16.5. The summed E-state index contributed by atoms with van der Waals surface area (Å²) in [5, 5.41) is 9.73. The van der Waals surface area contributed by atoms with Gasteiger partial charge in [0.25, 0.3) is 0 Å². The molecular weight excluding hydrogens is 418 g/mol. The van der Waals surface area contributed by atoms with Crippen LogP contribution >= 0.6 is 0 Å². The van der Waals surface area contributed by atoms with Gasteiger partial charge in [-0.15, -0.1) is 0 Å². The van der Waals surface area contributed by atoms with Gasteiger partial charge in [0.15, 0.2) is 0 Å². The van der Waals surface area contributed by atoms with Crippen molar-refractivity contribution >= 4 is 5.97 Å². The number of aryl methyl sites for hydroxylation is 2. The Balaban J connectivity index is 1.76. The van der Waals surface area contributed by atoms with Crippen molar-refractivity contribution < 1.29 is 9.53 Å². The minimum absolute atomic E-state index is 0.210. The van der Waals surface area contributed by atoms with Crippen LogP contribution in [0.1, 0.15) is 113 Å². The lowest BCUT2D eigenvalue weighted by atomic mass is 9.69. The second-order valence-electron chi connectivity index (χ2n) is 9.94. The number of ether oxygens (including phenoxy) is 1. The summed E-state index contributed by atoms with van der Waals surface area (Å²) in [5.74, 6) is 0.184. The summed E-state index contributed by atoms with van der Waals surface area (Å²) in [4.78, 5) is 13.7. The first-order valence-electron chi connectivity index (χ1n) is 13.5. The zero-order valence-electron chi connectivity index (χ0n) is 21.2. The van der Waals surface area contributed by atoms with Gasteiger partial charge in [-0.3, -0.25) is 4.79 Å². The van der Waals surface area contributed by atoms with Crippen molar-refractivity contribution in [3.63, 3.8) is 0 Å². The Morgan fingerprint density at radius 1 is 0.853 bits per heavy atom. The van der Waals surface area contributed by atoms with Gasteiger partial charge < -0.3 is 4.74 Å². The van der Waals surface area contributed by atoms with Crippen molar-refractivity contribution in [3.05, 3.63) is 64.7 Å². The highest BCUT2D eigenvalue weighted by molar-refractivity contribution is 5.85. The topological polar surface area (TPSA) is 50.1 Å². The average molecular weight is 460 g/mol. The lowest BCUT2D eigenvalue weighted by Gasteiger charge is -2.35. The van der Waals surface area contributed by atoms with Crippen LogP contribution in [0.4, 0.5) is 0 Å². The van der Waals surface area contributed by atoms with Gasteiger partial charge in [0.05, 0.1) is 11.0 Å². The summed E-state index contributed by atoms with van der Waals surface area (Å²) < 4.78 is 5.98. The van der Waals surface area contributed by atoms with E-state index in [0.717, 1.165) is 62.5 Å². The first kappa shape index (κ1) is 26.0. The minimum Gasteiger partial charge on any atom is -0.424 e. The van der Waals surface area contributed by atoms with Crippen molar-refractivity contribution in [2.45, 2.75) is 109 Å². The third kappa shape index (κ3) is 6.72. The Kier molecular flexibility index (Phi) is 10.2. The summed E-state index contributed by atoms with van der Waals surface area (Å²) in [6.45, 7) is 4.43. The largest absolute Gasteiger partial charge is 0.424 e. The van der Waals surface area contributed by atoms with E-state index in [2.05, 4.69) is 44.2 Å². The van der Waals surface area contributed by atoms with Gasteiger partial charge in [0.1, 0.15) is 11.8 Å². The number of rotatable bonds is 12. The van der Waals surface area contributed by atoms with Crippen molar-refractivity contribution in [2.24, 2.45) is 0 Å². The second kappa shape index (κ2) is 13.3. The predicted octanol–water partition coefficient (Wildman–Crippen LogP) is 8.22. The number of esters is 1. The number of nitrogens with zero attached hydrogens (tertiary/aromatic N) is 1. The third-order valence-electron chi connectivity index (χ3n) is 7.36. The molecule has 0 amide bonds. The Labute approximate surface area is 206 Å². The van der Waals surface area contributed by atoms with Gasteiger partial charge >= 0.3 is 5.97 Å². The van der Waals surface area contributed by atoms with E-state index in [1.165, 1.54) is 44.1 Å². The summed E-state index contributed by atoms with van der Waals surface area (Å²) in [6.07, 6.45) is 15.3. The van der Waals surface area contributed by atoms with Crippen LogP contribution < -0.4 is 4.74 Å². The molecule has 0 aromatic heterocycles. The van der Waals surface area contributed by atoms with Crippen molar-refractivity contribution in [2.75, 3.05) is 0 Å². The number of benzene rings is 2. The molecule has 0 unspecified atom stereocenters. The zero-order chi connectivity index (χ0) is 24.2. The molecule has 1 fully saturated rings. The molecule has 3 rings (SSSR count). The number of nitriles is 1. The Hall–Kier alpha value is -2.60. The normalized spacial score (nSPS) is 15.0. The molecule has 2 aromatic rings. The summed E-state index contributed by atoms with van der Waals surface area (Å²) >= 11 is 0. The van der Waals surface area contributed by atoms with E-state index in [1.54, 1.807) is 0 Å². The van der Waals surface area contributed by atoms with Crippen LogP contribution in [-0.4, -0.2) is 5.97 Å². The second-order valence-corrected chi connectivity index (χ2v) is 9.94. The molecule has 1 aliphatic carbocycles. The molecule has 3 nitrogen and oxygen atoms in total. The van der Waals surface area contributed by atoms with Crippen LogP contribution in [0.25, 0.3) is 0 Å². The molecule has 0 spiro atoms. The molecule has 1 saturated carbocycles. The molecule has 34 heavy (non-hydrogen) atoms. The summed E-state index contributed by atoms with van der Waals surface area (Å²) in [7, 11) is 0. The molecular formula is C31H41NO2. The molecule has 0 heterocycles. The number of hydrogen-bond acceptors (Lipinski definition) is 3. The number of carbonyl (C=O) groups is 1. The maximum atomic E-state index is 13.7. The molecule has 3 heteroatoms. The van der Waals surface area contributed by atoms with Crippen molar-refractivity contribution in [3.8, 4) is 11.8 Å². The number of carbonyl (C=O) groups excluding carboxylic acids is 1. The molecule has 2 aromatic carbocycles. The smallest absolute Gasteiger partial charge is 0.321 e. The predicted molar refractivity (Wildman–Crippen MR) is 139 cm³/mol. The van der Waals surface area contributed by atoms with Gasteiger partial charge in [-0.25, -0.2) is 0 Å². The van der Waals surface area contributed by atoms with E-state index in [1.807, 2.05) is 18.2 Å². The highest BCUT2D eigenvalue weighted by Crippen LogP contribution is 2.41. The maximum Gasteiger partial charge on any atom is 0.321 e. The van der Waals surface area contributed by atoms with Gasteiger partial charge in [0, 0.05) is 0 Å². The standard InChI is InChI=1S/C31H41NO2/c1-3-5-7-10-14-26-17-20-29(27(23-26)24-32)34-30(33)31(21-11-8-12-22-31)28-18-15-25(16-19-28)13-9-6-4-2/h15-20,23H,3-14,21-22H2,1-2H3. The van der Waals surface area contributed by atoms with Crippen molar-refractivity contribution in [1.29, 1.82) is 5.26 Å². The van der Waals surface area contributed by atoms with Crippen LogP contribution in [0.3, 0.4) is 0 Å². The fraction of sp³-hybridized carbons (Fsp3) is 0.548. The number of hydrogen-bond donors (Lipinski definition) is 0. The highest BCUT2D eigenvalue weighted by Gasteiger charge is 2.43. The Morgan fingerprint density at radius 2 is 1.47 bits per heavy atom. The monoisotopic (exact) mass is 459 g/mol. The maximum absolute atomic E-state index is 13.7. The van der Waals surface area contributed by atoms with E-state index < -0.39 is 5.41 Å². The van der Waals surface area contributed by atoms with E-state index in [4.69, 9.17) is 4.74 Å². The van der Waals surface area contributed by atoms with E-state index >= 15 is 0 Å². The summed E-state index contributed by atoms with van der Waals surface area (Å²) in [5.41, 5.74) is 3.36. The Bertz CT molecular complexity index is 948. The van der Waals surface area contributed by atoms with Crippen LogP contribution in [0.2, 0.25) is 0 Å². The molecule has 0 atom stereocenters. The fourth-order valence-electron chi connectivity index (χ4n) is 5.20. The van der Waals surface area contributed by atoms with Crippen LogP contribution in [0.15, 0.2) is 42.5 Å². The van der Waals surface area contributed by atoms with Gasteiger partial charge in [-0.1, -0.05) is 95.5 Å². The lowest BCUT2D eigenvalue weighted by molar-refractivity contribution is -0.142. The molecule has 0 N–H and O–H groups in total. The fourth-order valence-corrected chi connectivity index (χ4v) is 5.20. The SMILES string of the molecule is CCCCCCc1ccc(OC(=O)C2(c3ccc(CCCCC)cc3)CCCCC2)c(C#N)c1. The van der Waals surface area contributed by atoms with Gasteiger partial charge in [0.2, 0.25) is 0 Å². The quantitative estimate of drug-likeness (QED) is 0.182. The van der Waals surface area contributed by atoms with Crippen LogP contribution in [0, 0.1) is 11.3 Å². The van der Waals surface area contributed by atoms with Crippen LogP contribution in [-0.2, 0) is 23.1 Å². The van der Waals surface area contributed by atoms with Gasteiger partial charge in [-0.05, 0) is 67.3 Å². The first-order chi connectivity index (χ1) is 16.6. The molecule has 182 valence electrons. The first-order valence-corrected chi connectivity index (χ1v) is 13.5. The molecule has 0 bridgehead atoms. The minimum atomic E-state index is -0.619. The lowest BCUT2D eigenvalue weighted by Crippen LogP contribution is -2.41. The number of unbranched alkanes of at least 4 members (excludes halogenated alkanes) is 5. The van der Waals surface area contributed by atoms with E-state index in [9.17, 15) is 10.1 Å². The van der Waals surface area contributed by atoms with Crippen LogP contribution in [0.5, 0.6) is 5.75 Å². The third-order valence-corrected chi connectivity index (χ3v) is 7.36. The van der Waals surface area contributed by atoms with E-state index in [-0.39, 0.29) is 5.97 Å². The molecule has 0 saturated heterocycles. The summed E-state index contributed by atoms with van der Waals surface area (Å²) in [6, 6.07) is 16.6. The van der Waals surface area contributed by atoms with E-state index in [0.29, 0.717) is 11.3 Å². The average Bonchev–Trinajstić information content (AvgIpc) is 2.88. The molecule has 0 radical (unpaired) electrons. The van der Waals surface area contributed by atoms with Gasteiger partial charge in [-0.2, -0.15) is 5.26 Å². The zero-order valence-corrected chi connectivity index (χ0v) is 21.2. The molecule has 0 aliphatic heterocycles.